The Morgan fingerprint density at radius 3 is 2.35 bits per heavy atom. The Balaban J connectivity index is 2.03. The first-order chi connectivity index (χ1) is 9.47. The van der Waals surface area contributed by atoms with Crippen molar-refractivity contribution >= 4 is 0 Å². The van der Waals surface area contributed by atoms with Crippen LogP contribution in [0.4, 0.5) is 0 Å². The van der Waals surface area contributed by atoms with Crippen LogP contribution >= 0.6 is 0 Å². The van der Waals surface area contributed by atoms with E-state index in [1.165, 1.54) is 38.6 Å². The highest BCUT2D eigenvalue weighted by Crippen LogP contribution is 2.43. The normalized spacial score (nSPS) is 31.8. The van der Waals surface area contributed by atoms with Crippen LogP contribution in [0.15, 0.2) is 0 Å². The Morgan fingerprint density at radius 2 is 1.80 bits per heavy atom. The molecule has 0 aromatic rings. The summed E-state index contributed by atoms with van der Waals surface area (Å²) in [6.07, 6.45) is 8.65. The first kappa shape index (κ1) is 16.3. The summed E-state index contributed by atoms with van der Waals surface area (Å²) in [7, 11) is 0. The second-order valence-electron chi connectivity index (χ2n) is 7.84. The van der Waals surface area contributed by atoms with E-state index < -0.39 is 0 Å². The van der Waals surface area contributed by atoms with Gasteiger partial charge in [-0.05, 0) is 56.0 Å². The first-order valence-corrected chi connectivity index (χ1v) is 8.90. The fourth-order valence-corrected chi connectivity index (χ4v) is 4.02. The first-order valence-electron chi connectivity index (χ1n) is 8.90. The average molecular weight is 281 g/mol. The molecular formula is C18H35NO. The van der Waals surface area contributed by atoms with Gasteiger partial charge in [0.2, 0.25) is 0 Å². The van der Waals surface area contributed by atoms with Gasteiger partial charge in [-0.15, -0.1) is 0 Å². The van der Waals surface area contributed by atoms with Crippen molar-refractivity contribution in [2.45, 2.75) is 84.8 Å². The van der Waals surface area contributed by atoms with E-state index in [1.807, 2.05) is 0 Å². The standard InChI is InChI=1S/C18H35NO/c1-5-18(3,4)16-10-9-15(20)13-17(16)19(6-2)12-11-14-7-8-14/h14-17,20H,5-13H2,1-4H3. The van der Waals surface area contributed by atoms with Gasteiger partial charge in [-0.25, -0.2) is 0 Å². The number of aliphatic hydroxyl groups excluding tert-OH is 1. The third kappa shape index (κ3) is 3.98. The van der Waals surface area contributed by atoms with Crippen LogP contribution in [0.3, 0.4) is 0 Å². The van der Waals surface area contributed by atoms with E-state index in [0.29, 0.717) is 11.5 Å². The number of hydrogen-bond acceptors (Lipinski definition) is 2. The van der Waals surface area contributed by atoms with Crippen molar-refractivity contribution in [2.75, 3.05) is 13.1 Å². The molecule has 2 aliphatic carbocycles. The molecule has 0 aromatic heterocycles. The molecule has 2 aliphatic rings. The topological polar surface area (TPSA) is 23.5 Å². The van der Waals surface area contributed by atoms with E-state index in [1.54, 1.807) is 0 Å². The predicted octanol–water partition coefficient (Wildman–Crippen LogP) is 4.07. The monoisotopic (exact) mass is 281 g/mol. The van der Waals surface area contributed by atoms with Crippen molar-refractivity contribution < 1.29 is 5.11 Å². The smallest absolute Gasteiger partial charge is 0.0555 e. The number of aliphatic hydroxyl groups is 1. The van der Waals surface area contributed by atoms with E-state index in [4.69, 9.17) is 0 Å². The Morgan fingerprint density at radius 1 is 1.10 bits per heavy atom. The summed E-state index contributed by atoms with van der Waals surface area (Å²) in [5.41, 5.74) is 0.401. The van der Waals surface area contributed by atoms with E-state index >= 15 is 0 Å². The molecule has 2 fully saturated rings. The molecule has 0 aromatic carbocycles. The summed E-state index contributed by atoms with van der Waals surface area (Å²) >= 11 is 0. The fourth-order valence-electron chi connectivity index (χ4n) is 4.02. The highest BCUT2D eigenvalue weighted by Gasteiger charge is 2.41. The molecule has 0 amide bonds. The van der Waals surface area contributed by atoms with Crippen LogP contribution in [-0.2, 0) is 0 Å². The van der Waals surface area contributed by atoms with Crippen LogP contribution in [0.5, 0.6) is 0 Å². The molecule has 0 aliphatic heterocycles. The molecule has 2 nitrogen and oxygen atoms in total. The zero-order valence-corrected chi connectivity index (χ0v) is 14.1. The summed E-state index contributed by atoms with van der Waals surface area (Å²) in [6, 6.07) is 0.595. The molecule has 0 spiro atoms. The van der Waals surface area contributed by atoms with Gasteiger partial charge in [-0.1, -0.05) is 47.0 Å². The molecule has 3 atom stereocenters. The van der Waals surface area contributed by atoms with Gasteiger partial charge in [-0.2, -0.15) is 0 Å². The largest absolute Gasteiger partial charge is 0.393 e. The summed E-state index contributed by atoms with van der Waals surface area (Å²) < 4.78 is 0. The minimum atomic E-state index is -0.0705. The predicted molar refractivity (Wildman–Crippen MR) is 85.8 cm³/mol. The van der Waals surface area contributed by atoms with Gasteiger partial charge in [0.1, 0.15) is 0 Å². The van der Waals surface area contributed by atoms with Crippen molar-refractivity contribution in [1.29, 1.82) is 0 Å². The second kappa shape index (κ2) is 6.79. The lowest BCUT2D eigenvalue weighted by Gasteiger charge is -2.48. The summed E-state index contributed by atoms with van der Waals surface area (Å²) in [4.78, 5) is 2.68. The quantitative estimate of drug-likeness (QED) is 0.760. The third-order valence-corrected chi connectivity index (χ3v) is 6.10. The molecule has 2 heteroatoms. The molecule has 2 rings (SSSR count). The molecular weight excluding hydrogens is 246 g/mol. The lowest BCUT2D eigenvalue weighted by Crippen LogP contribution is -2.50. The maximum atomic E-state index is 10.1. The fraction of sp³-hybridized carbons (Fsp3) is 1.00. The van der Waals surface area contributed by atoms with E-state index in [9.17, 15) is 5.11 Å². The highest BCUT2D eigenvalue weighted by molar-refractivity contribution is 4.93. The van der Waals surface area contributed by atoms with E-state index in [2.05, 4.69) is 32.6 Å². The maximum Gasteiger partial charge on any atom is 0.0555 e. The minimum Gasteiger partial charge on any atom is -0.393 e. The average Bonchev–Trinajstić information content (AvgIpc) is 3.23. The molecule has 0 radical (unpaired) electrons. The summed E-state index contributed by atoms with van der Waals surface area (Å²) in [5, 5.41) is 10.1. The number of rotatable bonds is 7. The Hall–Kier alpha value is -0.0800. The van der Waals surface area contributed by atoms with Crippen LogP contribution in [-0.4, -0.2) is 35.2 Å². The number of nitrogens with zero attached hydrogens (tertiary/aromatic N) is 1. The van der Waals surface area contributed by atoms with Gasteiger partial charge < -0.3 is 10.0 Å². The third-order valence-electron chi connectivity index (χ3n) is 6.10. The van der Waals surface area contributed by atoms with Gasteiger partial charge in [0.25, 0.3) is 0 Å². The Bertz CT molecular complexity index is 298. The maximum absolute atomic E-state index is 10.1. The van der Waals surface area contributed by atoms with Crippen LogP contribution in [0.25, 0.3) is 0 Å². The lowest BCUT2D eigenvalue weighted by atomic mass is 9.66. The molecule has 2 saturated carbocycles. The van der Waals surface area contributed by atoms with E-state index in [0.717, 1.165) is 31.2 Å². The zero-order valence-electron chi connectivity index (χ0n) is 14.1. The Kier molecular flexibility index (Phi) is 5.53. The van der Waals surface area contributed by atoms with Crippen molar-refractivity contribution in [1.82, 2.24) is 4.90 Å². The Labute approximate surface area is 125 Å². The van der Waals surface area contributed by atoms with Gasteiger partial charge in [0.05, 0.1) is 6.10 Å². The van der Waals surface area contributed by atoms with Gasteiger partial charge >= 0.3 is 0 Å². The van der Waals surface area contributed by atoms with Crippen LogP contribution in [0.1, 0.15) is 72.6 Å². The van der Waals surface area contributed by atoms with Crippen LogP contribution in [0, 0.1) is 17.3 Å². The summed E-state index contributed by atoms with van der Waals surface area (Å²) in [5.74, 6) is 1.75. The van der Waals surface area contributed by atoms with Crippen LogP contribution in [0.2, 0.25) is 0 Å². The molecule has 20 heavy (non-hydrogen) atoms. The second-order valence-corrected chi connectivity index (χ2v) is 7.84. The zero-order chi connectivity index (χ0) is 14.8. The molecule has 0 bridgehead atoms. The summed E-state index contributed by atoms with van der Waals surface area (Å²) in [6.45, 7) is 11.9. The van der Waals surface area contributed by atoms with Crippen molar-refractivity contribution in [3.8, 4) is 0 Å². The highest BCUT2D eigenvalue weighted by atomic mass is 16.3. The van der Waals surface area contributed by atoms with Crippen molar-refractivity contribution in [3.05, 3.63) is 0 Å². The molecule has 0 heterocycles. The minimum absolute atomic E-state index is 0.0705. The SMILES string of the molecule is CCN(CCC1CC1)C1CC(O)CCC1C(C)(C)CC. The van der Waals surface area contributed by atoms with Crippen molar-refractivity contribution in [2.24, 2.45) is 17.3 Å². The van der Waals surface area contributed by atoms with E-state index in [-0.39, 0.29) is 6.10 Å². The van der Waals surface area contributed by atoms with Gasteiger partial charge in [0.15, 0.2) is 0 Å². The van der Waals surface area contributed by atoms with Gasteiger partial charge in [-0.3, -0.25) is 0 Å². The van der Waals surface area contributed by atoms with Crippen LogP contribution < -0.4 is 0 Å². The number of hydrogen-bond donors (Lipinski definition) is 1. The lowest BCUT2D eigenvalue weighted by molar-refractivity contribution is -0.0173. The molecule has 118 valence electrons. The van der Waals surface area contributed by atoms with Gasteiger partial charge in [0, 0.05) is 6.04 Å². The molecule has 1 N–H and O–H groups in total. The molecule has 3 unspecified atom stereocenters. The molecule has 0 saturated heterocycles. The van der Waals surface area contributed by atoms with Crippen molar-refractivity contribution in [3.63, 3.8) is 0 Å².